The molecule has 0 aliphatic carbocycles. The molecule has 2 rings (SSSR count). The van der Waals surface area contributed by atoms with Crippen LogP contribution in [0, 0.1) is 12.7 Å². The first kappa shape index (κ1) is 14.0. The predicted octanol–water partition coefficient (Wildman–Crippen LogP) is 3.90. The van der Waals surface area contributed by atoms with Crippen molar-refractivity contribution in [1.82, 2.24) is 5.32 Å². The predicted molar refractivity (Wildman–Crippen MR) is 77.5 cm³/mol. The van der Waals surface area contributed by atoms with Crippen LogP contribution >= 0.6 is 11.3 Å². The van der Waals surface area contributed by atoms with E-state index in [0.717, 1.165) is 12.1 Å². The quantitative estimate of drug-likeness (QED) is 0.896. The first-order chi connectivity index (χ1) is 9.15. The number of methoxy groups -OCH3 is 1. The van der Waals surface area contributed by atoms with Crippen molar-refractivity contribution in [3.63, 3.8) is 0 Å². The number of rotatable bonds is 5. The Morgan fingerprint density at radius 2 is 2.11 bits per heavy atom. The molecule has 4 heteroatoms. The van der Waals surface area contributed by atoms with E-state index < -0.39 is 0 Å². The molecule has 1 N–H and O–H groups in total. The van der Waals surface area contributed by atoms with Gasteiger partial charge < -0.3 is 10.1 Å². The minimum absolute atomic E-state index is 0.0330. The van der Waals surface area contributed by atoms with Crippen LogP contribution < -0.4 is 10.1 Å². The third-order valence-electron chi connectivity index (χ3n) is 2.96. The van der Waals surface area contributed by atoms with Crippen LogP contribution in [0.1, 0.15) is 28.3 Å². The number of thiophene rings is 1. The summed E-state index contributed by atoms with van der Waals surface area (Å²) in [5, 5.41) is 3.39. The van der Waals surface area contributed by atoms with E-state index in [2.05, 4.69) is 24.4 Å². The lowest BCUT2D eigenvalue weighted by atomic mass is 10.0. The van der Waals surface area contributed by atoms with Gasteiger partial charge in [-0.15, -0.1) is 11.3 Å². The van der Waals surface area contributed by atoms with E-state index in [1.54, 1.807) is 30.6 Å². The van der Waals surface area contributed by atoms with Crippen molar-refractivity contribution in [2.24, 2.45) is 0 Å². The molecule has 0 amide bonds. The van der Waals surface area contributed by atoms with E-state index in [4.69, 9.17) is 4.74 Å². The topological polar surface area (TPSA) is 21.3 Å². The molecule has 2 nitrogen and oxygen atoms in total. The Balaban J connectivity index is 2.46. The molecule has 102 valence electrons. The van der Waals surface area contributed by atoms with Gasteiger partial charge in [0, 0.05) is 15.3 Å². The molecule has 0 fully saturated rings. The van der Waals surface area contributed by atoms with Crippen LogP contribution in [0.15, 0.2) is 30.3 Å². The monoisotopic (exact) mass is 279 g/mol. The summed E-state index contributed by atoms with van der Waals surface area (Å²) in [6.07, 6.45) is 0. The highest BCUT2D eigenvalue weighted by atomic mass is 32.1. The molecular formula is C15H18FNOS. The summed E-state index contributed by atoms with van der Waals surface area (Å²) < 4.78 is 18.9. The fourth-order valence-electron chi connectivity index (χ4n) is 2.11. The van der Waals surface area contributed by atoms with Gasteiger partial charge in [0.25, 0.3) is 0 Å². The maximum Gasteiger partial charge on any atom is 0.124 e. The van der Waals surface area contributed by atoms with Gasteiger partial charge in [0.1, 0.15) is 11.6 Å². The van der Waals surface area contributed by atoms with E-state index in [0.29, 0.717) is 5.75 Å². The highest BCUT2D eigenvalue weighted by Gasteiger charge is 2.19. The molecule has 0 radical (unpaired) electrons. The van der Waals surface area contributed by atoms with Gasteiger partial charge in [0.2, 0.25) is 0 Å². The van der Waals surface area contributed by atoms with Gasteiger partial charge in [-0.25, -0.2) is 4.39 Å². The van der Waals surface area contributed by atoms with Crippen LogP contribution in [-0.4, -0.2) is 13.7 Å². The average molecular weight is 279 g/mol. The molecule has 0 saturated heterocycles. The maximum atomic E-state index is 13.5. The number of nitrogens with one attached hydrogen (secondary N) is 1. The molecule has 1 heterocycles. The zero-order valence-corrected chi connectivity index (χ0v) is 12.2. The van der Waals surface area contributed by atoms with Crippen molar-refractivity contribution in [1.29, 1.82) is 0 Å². The second-order valence-corrected chi connectivity index (χ2v) is 5.64. The number of benzene rings is 1. The lowest BCUT2D eigenvalue weighted by Crippen LogP contribution is -2.21. The Kier molecular flexibility index (Phi) is 4.56. The van der Waals surface area contributed by atoms with Crippen LogP contribution in [0.25, 0.3) is 0 Å². The van der Waals surface area contributed by atoms with Crippen molar-refractivity contribution < 1.29 is 9.13 Å². The number of hydrogen-bond donors (Lipinski definition) is 1. The smallest absolute Gasteiger partial charge is 0.124 e. The largest absolute Gasteiger partial charge is 0.496 e. The first-order valence-corrected chi connectivity index (χ1v) is 7.10. The summed E-state index contributed by atoms with van der Waals surface area (Å²) in [6, 6.07) is 8.77. The van der Waals surface area contributed by atoms with Crippen molar-refractivity contribution >= 4 is 11.3 Å². The molecule has 1 unspecified atom stereocenters. The van der Waals surface area contributed by atoms with Gasteiger partial charge in [-0.3, -0.25) is 0 Å². The number of hydrogen-bond acceptors (Lipinski definition) is 3. The minimum atomic E-state index is -0.244. The van der Waals surface area contributed by atoms with Crippen LogP contribution in [0.2, 0.25) is 0 Å². The van der Waals surface area contributed by atoms with Gasteiger partial charge >= 0.3 is 0 Å². The van der Waals surface area contributed by atoms with E-state index in [9.17, 15) is 4.39 Å². The van der Waals surface area contributed by atoms with Crippen LogP contribution in [-0.2, 0) is 0 Å². The Hall–Kier alpha value is -1.39. The first-order valence-electron chi connectivity index (χ1n) is 6.29. The third-order valence-corrected chi connectivity index (χ3v) is 4.02. The van der Waals surface area contributed by atoms with Gasteiger partial charge in [0.15, 0.2) is 0 Å². The summed E-state index contributed by atoms with van der Waals surface area (Å²) in [7, 11) is 1.61. The van der Waals surface area contributed by atoms with E-state index >= 15 is 0 Å². The second-order valence-electron chi connectivity index (χ2n) is 4.33. The van der Waals surface area contributed by atoms with Crippen molar-refractivity contribution in [3.8, 4) is 5.75 Å². The van der Waals surface area contributed by atoms with E-state index in [-0.39, 0.29) is 11.9 Å². The van der Waals surface area contributed by atoms with E-state index in [1.807, 2.05) is 6.92 Å². The van der Waals surface area contributed by atoms with Crippen LogP contribution in [0.3, 0.4) is 0 Å². The summed E-state index contributed by atoms with van der Waals surface area (Å²) in [4.78, 5) is 2.41. The molecule has 1 atom stereocenters. The number of aryl methyl sites for hydroxylation is 1. The van der Waals surface area contributed by atoms with Crippen LogP contribution in [0.4, 0.5) is 4.39 Å². The Morgan fingerprint density at radius 3 is 2.68 bits per heavy atom. The molecule has 0 aliphatic rings. The molecule has 1 aromatic carbocycles. The average Bonchev–Trinajstić information content (AvgIpc) is 2.82. The maximum absolute atomic E-state index is 13.5. The van der Waals surface area contributed by atoms with E-state index in [1.165, 1.54) is 15.8 Å². The van der Waals surface area contributed by atoms with Gasteiger partial charge in [-0.2, -0.15) is 0 Å². The fourth-order valence-corrected chi connectivity index (χ4v) is 3.08. The Labute approximate surface area is 117 Å². The number of ether oxygens (including phenoxy) is 1. The zero-order valence-electron chi connectivity index (χ0n) is 11.4. The summed E-state index contributed by atoms with van der Waals surface area (Å²) >= 11 is 1.72. The SMILES string of the molecule is CCNC(c1ccc(C)s1)c1cc(F)ccc1OC. The second kappa shape index (κ2) is 6.17. The molecule has 0 saturated carbocycles. The fraction of sp³-hybridized carbons (Fsp3) is 0.333. The van der Waals surface area contributed by atoms with Gasteiger partial charge in [-0.05, 0) is 43.8 Å². The zero-order chi connectivity index (χ0) is 13.8. The van der Waals surface area contributed by atoms with Crippen molar-refractivity contribution in [2.75, 3.05) is 13.7 Å². The molecule has 19 heavy (non-hydrogen) atoms. The molecule has 0 bridgehead atoms. The lowest BCUT2D eigenvalue weighted by molar-refractivity contribution is 0.403. The number of halogens is 1. The van der Waals surface area contributed by atoms with Crippen molar-refractivity contribution in [2.45, 2.75) is 19.9 Å². The summed E-state index contributed by atoms with van der Waals surface area (Å²) in [5.74, 6) is 0.463. The molecule has 0 aliphatic heterocycles. The standard InChI is InChI=1S/C15H18FNOS/c1-4-17-15(14-8-5-10(2)19-14)12-9-11(16)6-7-13(12)18-3/h5-9,15,17H,4H2,1-3H3. The molecule has 0 spiro atoms. The van der Waals surface area contributed by atoms with Crippen LogP contribution in [0.5, 0.6) is 5.75 Å². The highest BCUT2D eigenvalue weighted by molar-refractivity contribution is 7.12. The minimum Gasteiger partial charge on any atom is -0.496 e. The summed E-state index contributed by atoms with van der Waals surface area (Å²) in [6.45, 7) is 4.92. The van der Waals surface area contributed by atoms with Crippen molar-refractivity contribution in [3.05, 3.63) is 51.5 Å². The van der Waals surface area contributed by atoms with Gasteiger partial charge in [-0.1, -0.05) is 6.92 Å². The Bertz CT molecular complexity index is 553. The molecule has 2 aromatic rings. The Morgan fingerprint density at radius 1 is 1.32 bits per heavy atom. The van der Waals surface area contributed by atoms with Gasteiger partial charge in [0.05, 0.1) is 13.2 Å². The third kappa shape index (κ3) is 3.14. The highest BCUT2D eigenvalue weighted by Crippen LogP contribution is 2.34. The molecule has 1 aromatic heterocycles. The molecular weight excluding hydrogens is 261 g/mol. The lowest BCUT2D eigenvalue weighted by Gasteiger charge is -2.19. The normalized spacial score (nSPS) is 12.4. The summed E-state index contributed by atoms with van der Waals surface area (Å²) in [5.41, 5.74) is 0.839.